The number of furan rings is 1. The first-order valence-electron chi connectivity index (χ1n) is 7.28. The molecule has 5 nitrogen and oxygen atoms in total. The Hall–Kier alpha value is -1.79. The van der Waals surface area contributed by atoms with Crippen molar-refractivity contribution in [2.45, 2.75) is 32.6 Å². The first kappa shape index (κ1) is 17.6. The summed E-state index contributed by atoms with van der Waals surface area (Å²) in [7, 11) is 0. The van der Waals surface area contributed by atoms with Crippen molar-refractivity contribution in [3.63, 3.8) is 0 Å². The van der Waals surface area contributed by atoms with Gasteiger partial charge in [0.2, 0.25) is 0 Å². The molecule has 0 aliphatic carbocycles. The second-order valence-corrected chi connectivity index (χ2v) is 7.01. The summed E-state index contributed by atoms with van der Waals surface area (Å²) >= 11 is 7.45. The van der Waals surface area contributed by atoms with Crippen molar-refractivity contribution in [2.24, 2.45) is 0 Å². The molecule has 2 aromatic rings. The van der Waals surface area contributed by atoms with Crippen molar-refractivity contribution in [1.29, 1.82) is 0 Å². The third-order valence-corrected chi connectivity index (χ3v) is 4.65. The zero-order chi connectivity index (χ0) is 16.8. The van der Waals surface area contributed by atoms with Crippen LogP contribution in [0.25, 0.3) is 0 Å². The van der Waals surface area contributed by atoms with E-state index in [4.69, 9.17) is 21.1 Å². The smallest absolute Gasteiger partial charge is 0.311 e. The van der Waals surface area contributed by atoms with Gasteiger partial charge in [-0.05, 0) is 38.3 Å². The first-order chi connectivity index (χ1) is 11.0. The first-order valence-corrected chi connectivity index (χ1v) is 8.48. The highest BCUT2D eigenvalue weighted by molar-refractivity contribution is 7.16. The van der Waals surface area contributed by atoms with Crippen LogP contribution < -0.4 is 5.32 Å². The molecule has 7 heteroatoms. The van der Waals surface area contributed by atoms with E-state index in [1.807, 2.05) is 12.1 Å². The monoisotopic (exact) mass is 355 g/mol. The maximum atomic E-state index is 12.2. The molecule has 0 aliphatic heterocycles. The predicted octanol–water partition coefficient (Wildman–Crippen LogP) is 3.68. The molecular formula is C16H18ClNO4S. The van der Waals surface area contributed by atoms with Gasteiger partial charge in [0.05, 0.1) is 16.2 Å². The molecule has 124 valence electrons. The van der Waals surface area contributed by atoms with Gasteiger partial charge in [-0.2, -0.15) is 0 Å². The third kappa shape index (κ3) is 5.11. The average molecular weight is 356 g/mol. The minimum atomic E-state index is -1.02. The number of hydrogen-bond acceptors (Lipinski definition) is 4. The number of carboxylic acids is 1. The fraction of sp³-hybridized carbons (Fsp3) is 0.375. The third-order valence-electron chi connectivity index (χ3n) is 3.35. The maximum Gasteiger partial charge on any atom is 0.311 e. The number of rotatable bonds is 8. The van der Waals surface area contributed by atoms with E-state index in [0.29, 0.717) is 17.7 Å². The van der Waals surface area contributed by atoms with E-state index in [9.17, 15) is 9.59 Å². The van der Waals surface area contributed by atoms with E-state index in [0.717, 1.165) is 23.6 Å². The Morgan fingerprint density at radius 1 is 1.35 bits per heavy atom. The Kier molecular flexibility index (Phi) is 6.24. The molecule has 0 saturated heterocycles. The highest BCUT2D eigenvalue weighted by atomic mass is 35.5. The second-order valence-electron chi connectivity index (χ2n) is 5.21. The van der Waals surface area contributed by atoms with Crippen LogP contribution in [0.1, 0.15) is 39.4 Å². The summed E-state index contributed by atoms with van der Waals surface area (Å²) in [6.07, 6.45) is 3.83. The molecule has 0 saturated carbocycles. The van der Waals surface area contributed by atoms with Gasteiger partial charge >= 0.3 is 5.97 Å². The molecule has 2 heterocycles. The normalized spacial score (nSPS) is 10.7. The van der Waals surface area contributed by atoms with Crippen LogP contribution in [0.3, 0.4) is 0 Å². The number of aliphatic carboxylic acids is 1. The fourth-order valence-electron chi connectivity index (χ4n) is 2.27. The van der Waals surface area contributed by atoms with E-state index in [-0.39, 0.29) is 18.1 Å². The van der Waals surface area contributed by atoms with Gasteiger partial charge in [-0.1, -0.05) is 11.6 Å². The molecule has 0 bridgehead atoms. The van der Waals surface area contributed by atoms with Crippen LogP contribution in [0.2, 0.25) is 4.34 Å². The van der Waals surface area contributed by atoms with Gasteiger partial charge in [-0.3, -0.25) is 9.59 Å². The minimum Gasteiger partial charge on any atom is -0.481 e. The summed E-state index contributed by atoms with van der Waals surface area (Å²) < 4.78 is 5.95. The van der Waals surface area contributed by atoms with Crippen molar-refractivity contribution in [2.75, 3.05) is 6.54 Å². The van der Waals surface area contributed by atoms with Gasteiger partial charge in [-0.15, -0.1) is 11.3 Å². The van der Waals surface area contributed by atoms with E-state index < -0.39 is 5.97 Å². The molecule has 0 aromatic carbocycles. The Balaban J connectivity index is 1.78. The Morgan fingerprint density at radius 2 is 2.13 bits per heavy atom. The molecule has 0 fully saturated rings. The molecule has 2 aromatic heterocycles. The maximum absolute atomic E-state index is 12.2. The number of carbonyl (C=O) groups excluding carboxylic acids is 1. The number of amides is 1. The minimum absolute atomic E-state index is 0.195. The topological polar surface area (TPSA) is 79.5 Å². The van der Waals surface area contributed by atoms with Crippen molar-refractivity contribution in [1.82, 2.24) is 5.32 Å². The zero-order valence-corrected chi connectivity index (χ0v) is 14.3. The molecule has 0 spiro atoms. The number of unbranched alkanes of at least 4 members (excludes halogenated alkanes) is 1. The van der Waals surface area contributed by atoms with Crippen LogP contribution in [0.4, 0.5) is 0 Å². The molecule has 0 radical (unpaired) electrons. The van der Waals surface area contributed by atoms with Crippen LogP contribution in [0, 0.1) is 6.92 Å². The number of halogens is 1. The van der Waals surface area contributed by atoms with Crippen LogP contribution in [0.15, 0.2) is 22.8 Å². The van der Waals surface area contributed by atoms with Gasteiger partial charge < -0.3 is 14.8 Å². The van der Waals surface area contributed by atoms with Gasteiger partial charge in [0.15, 0.2) is 0 Å². The standard InChI is InChI=1S/C16H18ClNO4S/c1-10-9-22-12(8-14(19)20)15(10)16(21)18-7-3-2-4-11-5-6-13(17)23-11/h5-6,9H,2-4,7-8H2,1H3,(H,18,21)(H,19,20). The molecule has 1 amide bonds. The lowest BCUT2D eigenvalue weighted by Crippen LogP contribution is -2.26. The summed E-state index contributed by atoms with van der Waals surface area (Å²) in [6, 6.07) is 3.90. The second kappa shape index (κ2) is 8.17. The number of aryl methyl sites for hydroxylation is 2. The SMILES string of the molecule is Cc1coc(CC(=O)O)c1C(=O)NCCCCc1ccc(Cl)s1. The fourth-order valence-corrected chi connectivity index (χ4v) is 3.40. The van der Waals surface area contributed by atoms with Gasteiger partial charge in [-0.25, -0.2) is 0 Å². The molecular weight excluding hydrogens is 338 g/mol. The number of hydrogen-bond donors (Lipinski definition) is 2. The average Bonchev–Trinajstić information content (AvgIpc) is 3.04. The summed E-state index contributed by atoms with van der Waals surface area (Å²) in [6.45, 7) is 2.26. The van der Waals surface area contributed by atoms with Gasteiger partial charge in [0.1, 0.15) is 12.2 Å². The largest absolute Gasteiger partial charge is 0.481 e. The lowest BCUT2D eigenvalue weighted by atomic mass is 10.1. The molecule has 2 rings (SSSR count). The molecule has 0 atom stereocenters. The van der Waals surface area contributed by atoms with Crippen molar-refractivity contribution in [3.8, 4) is 0 Å². The Bertz CT molecular complexity index is 692. The van der Waals surface area contributed by atoms with Crippen molar-refractivity contribution >= 4 is 34.8 Å². The Labute approximate surface area is 143 Å². The molecule has 2 N–H and O–H groups in total. The lowest BCUT2D eigenvalue weighted by Gasteiger charge is -2.06. The molecule has 0 aliphatic rings. The highest BCUT2D eigenvalue weighted by Crippen LogP contribution is 2.22. The van der Waals surface area contributed by atoms with E-state index in [2.05, 4.69) is 5.32 Å². The van der Waals surface area contributed by atoms with Gasteiger partial charge in [0.25, 0.3) is 5.91 Å². The number of nitrogens with one attached hydrogen (secondary N) is 1. The summed E-state index contributed by atoms with van der Waals surface area (Å²) in [5, 5.41) is 11.7. The quantitative estimate of drug-likeness (QED) is 0.708. The summed E-state index contributed by atoms with van der Waals surface area (Å²) in [5.41, 5.74) is 0.976. The number of carboxylic acid groups (broad SMARTS) is 1. The van der Waals surface area contributed by atoms with Gasteiger partial charge in [0, 0.05) is 17.0 Å². The van der Waals surface area contributed by atoms with E-state index >= 15 is 0 Å². The molecule has 23 heavy (non-hydrogen) atoms. The Morgan fingerprint density at radius 3 is 2.78 bits per heavy atom. The van der Waals surface area contributed by atoms with Crippen molar-refractivity contribution in [3.05, 3.63) is 44.5 Å². The number of thiophene rings is 1. The predicted molar refractivity (Wildman–Crippen MR) is 89.4 cm³/mol. The van der Waals surface area contributed by atoms with Crippen LogP contribution in [0.5, 0.6) is 0 Å². The van der Waals surface area contributed by atoms with Crippen LogP contribution >= 0.6 is 22.9 Å². The summed E-state index contributed by atoms with van der Waals surface area (Å²) in [5.74, 6) is -1.12. The molecule has 0 unspecified atom stereocenters. The van der Waals surface area contributed by atoms with Crippen LogP contribution in [-0.2, 0) is 17.6 Å². The summed E-state index contributed by atoms with van der Waals surface area (Å²) in [4.78, 5) is 24.2. The van der Waals surface area contributed by atoms with E-state index in [1.54, 1.807) is 18.3 Å². The lowest BCUT2D eigenvalue weighted by molar-refractivity contribution is -0.136. The van der Waals surface area contributed by atoms with Crippen LogP contribution in [-0.4, -0.2) is 23.5 Å². The number of carbonyl (C=O) groups is 2. The zero-order valence-electron chi connectivity index (χ0n) is 12.7. The van der Waals surface area contributed by atoms with E-state index in [1.165, 1.54) is 11.1 Å². The van der Waals surface area contributed by atoms with Crippen molar-refractivity contribution < 1.29 is 19.1 Å². The highest BCUT2D eigenvalue weighted by Gasteiger charge is 2.20.